The summed E-state index contributed by atoms with van der Waals surface area (Å²) in [5, 5.41) is 3.24. The summed E-state index contributed by atoms with van der Waals surface area (Å²) in [6.45, 7) is 5.64. The second kappa shape index (κ2) is 6.14. The molecule has 1 N–H and O–H groups in total. The molecule has 0 radical (unpaired) electrons. The molecule has 1 saturated heterocycles. The first kappa shape index (κ1) is 13.3. The monoisotopic (exact) mass is 252 g/mol. The predicted molar refractivity (Wildman–Crippen MR) is 69.4 cm³/mol. The van der Waals surface area contributed by atoms with Crippen LogP contribution in [0.15, 0.2) is 18.5 Å². The molecule has 2 unspecified atom stereocenters. The number of ether oxygens (including phenoxy) is 1. The minimum absolute atomic E-state index is 0.0508. The zero-order valence-corrected chi connectivity index (χ0v) is 11.0. The SMILES string of the molecule is CC(C)Oc1cncc(C(F)C2CCCNC2)c1. The fourth-order valence-electron chi connectivity index (χ4n) is 2.32. The van der Waals surface area contributed by atoms with E-state index >= 15 is 0 Å². The molecule has 1 aliphatic heterocycles. The first-order chi connectivity index (χ1) is 8.66. The van der Waals surface area contributed by atoms with Crippen molar-refractivity contribution in [3.8, 4) is 5.75 Å². The van der Waals surface area contributed by atoms with Gasteiger partial charge in [-0.1, -0.05) is 0 Å². The third kappa shape index (κ3) is 3.42. The van der Waals surface area contributed by atoms with Crippen molar-refractivity contribution < 1.29 is 9.13 Å². The molecule has 0 bridgehead atoms. The minimum atomic E-state index is -0.957. The van der Waals surface area contributed by atoms with Crippen molar-refractivity contribution in [3.63, 3.8) is 0 Å². The van der Waals surface area contributed by atoms with E-state index < -0.39 is 6.17 Å². The molecule has 0 spiro atoms. The van der Waals surface area contributed by atoms with Gasteiger partial charge in [0.25, 0.3) is 0 Å². The van der Waals surface area contributed by atoms with Crippen LogP contribution in [0.25, 0.3) is 0 Å². The highest BCUT2D eigenvalue weighted by molar-refractivity contribution is 5.26. The summed E-state index contributed by atoms with van der Waals surface area (Å²) in [6, 6.07) is 1.77. The van der Waals surface area contributed by atoms with Crippen molar-refractivity contribution in [2.75, 3.05) is 13.1 Å². The van der Waals surface area contributed by atoms with E-state index in [-0.39, 0.29) is 12.0 Å². The molecule has 100 valence electrons. The maximum Gasteiger partial charge on any atom is 0.138 e. The Bertz CT molecular complexity index is 378. The molecule has 1 aromatic heterocycles. The number of hydrogen-bond donors (Lipinski definition) is 1. The normalized spacial score (nSPS) is 21.9. The number of piperidine rings is 1. The fraction of sp³-hybridized carbons (Fsp3) is 0.643. The summed E-state index contributed by atoms with van der Waals surface area (Å²) in [7, 11) is 0. The third-order valence-corrected chi connectivity index (χ3v) is 3.17. The standard InChI is InChI=1S/C14H21FN2O/c1-10(2)18-13-6-12(8-17-9-13)14(15)11-4-3-5-16-7-11/h6,8-11,14,16H,3-5,7H2,1-2H3. The van der Waals surface area contributed by atoms with Gasteiger partial charge in [-0.15, -0.1) is 0 Å². The topological polar surface area (TPSA) is 34.1 Å². The Morgan fingerprint density at radius 1 is 1.44 bits per heavy atom. The zero-order valence-electron chi connectivity index (χ0n) is 11.0. The quantitative estimate of drug-likeness (QED) is 0.894. The molecule has 0 saturated carbocycles. The number of alkyl halides is 1. The number of halogens is 1. The molecule has 0 aliphatic carbocycles. The van der Waals surface area contributed by atoms with Crippen LogP contribution in [0.3, 0.4) is 0 Å². The lowest BCUT2D eigenvalue weighted by Gasteiger charge is -2.26. The van der Waals surface area contributed by atoms with Crippen molar-refractivity contribution in [2.45, 2.75) is 39.0 Å². The first-order valence-corrected chi connectivity index (χ1v) is 6.63. The zero-order chi connectivity index (χ0) is 13.0. The van der Waals surface area contributed by atoms with Gasteiger partial charge in [0.1, 0.15) is 11.9 Å². The van der Waals surface area contributed by atoms with Gasteiger partial charge in [0.05, 0.1) is 12.3 Å². The average molecular weight is 252 g/mol. The van der Waals surface area contributed by atoms with E-state index in [0.717, 1.165) is 25.9 Å². The molecule has 1 fully saturated rings. The largest absolute Gasteiger partial charge is 0.489 e. The van der Waals surface area contributed by atoms with Crippen LogP contribution in [-0.2, 0) is 0 Å². The molecule has 1 aliphatic rings. The van der Waals surface area contributed by atoms with Gasteiger partial charge in [-0.25, -0.2) is 4.39 Å². The lowest BCUT2D eigenvalue weighted by Crippen LogP contribution is -2.32. The number of hydrogen-bond acceptors (Lipinski definition) is 3. The number of pyridine rings is 1. The van der Waals surface area contributed by atoms with Crippen molar-refractivity contribution in [2.24, 2.45) is 5.92 Å². The van der Waals surface area contributed by atoms with Crippen LogP contribution in [0.1, 0.15) is 38.4 Å². The highest BCUT2D eigenvalue weighted by Gasteiger charge is 2.25. The van der Waals surface area contributed by atoms with Crippen molar-refractivity contribution in [1.29, 1.82) is 0 Å². The van der Waals surface area contributed by atoms with Gasteiger partial charge >= 0.3 is 0 Å². The number of rotatable bonds is 4. The summed E-state index contributed by atoms with van der Waals surface area (Å²) in [5.41, 5.74) is 0.627. The Hall–Kier alpha value is -1.16. The van der Waals surface area contributed by atoms with Crippen molar-refractivity contribution >= 4 is 0 Å². The molecular weight excluding hydrogens is 231 g/mol. The fourth-order valence-corrected chi connectivity index (χ4v) is 2.32. The van der Waals surface area contributed by atoms with Gasteiger partial charge in [0.15, 0.2) is 0 Å². The summed E-state index contributed by atoms with van der Waals surface area (Å²) in [6.07, 6.45) is 4.34. The lowest BCUT2D eigenvalue weighted by molar-refractivity contribution is 0.192. The molecule has 0 aromatic carbocycles. The van der Waals surface area contributed by atoms with E-state index in [0.29, 0.717) is 11.3 Å². The van der Waals surface area contributed by atoms with E-state index in [4.69, 9.17) is 4.74 Å². The van der Waals surface area contributed by atoms with Gasteiger partial charge < -0.3 is 10.1 Å². The van der Waals surface area contributed by atoms with Crippen LogP contribution in [0.2, 0.25) is 0 Å². The number of nitrogens with zero attached hydrogens (tertiary/aromatic N) is 1. The predicted octanol–water partition coefficient (Wildman–Crippen LogP) is 2.88. The highest BCUT2D eigenvalue weighted by Crippen LogP contribution is 2.31. The molecule has 0 amide bonds. The highest BCUT2D eigenvalue weighted by atomic mass is 19.1. The molecule has 2 heterocycles. The smallest absolute Gasteiger partial charge is 0.138 e. The van der Waals surface area contributed by atoms with Crippen LogP contribution >= 0.6 is 0 Å². The van der Waals surface area contributed by atoms with E-state index in [1.165, 1.54) is 0 Å². The molecule has 4 heteroatoms. The van der Waals surface area contributed by atoms with Crippen LogP contribution in [0.5, 0.6) is 5.75 Å². The van der Waals surface area contributed by atoms with Crippen LogP contribution in [0.4, 0.5) is 4.39 Å². The summed E-state index contributed by atoms with van der Waals surface area (Å²) in [4.78, 5) is 4.07. The van der Waals surface area contributed by atoms with Gasteiger partial charge in [-0.2, -0.15) is 0 Å². The Kier molecular flexibility index (Phi) is 4.53. The van der Waals surface area contributed by atoms with Crippen LogP contribution in [-0.4, -0.2) is 24.2 Å². The molecular formula is C14H21FN2O. The van der Waals surface area contributed by atoms with Crippen molar-refractivity contribution in [3.05, 3.63) is 24.0 Å². The second-order valence-corrected chi connectivity index (χ2v) is 5.13. The Morgan fingerprint density at radius 2 is 2.28 bits per heavy atom. The lowest BCUT2D eigenvalue weighted by atomic mass is 9.91. The summed E-state index contributed by atoms with van der Waals surface area (Å²) < 4.78 is 20.0. The molecule has 2 atom stereocenters. The maximum absolute atomic E-state index is 14.4. The summed E-state index contributed by atoms with van der Waals surface area (Å²) >= 11 is 0. The van der Waals surface area contributed by atoms with Crippen LogP contribution in [0, 0.1) is 5.92 Å². The number of nitrogens with one attached hydrogen (secondary N) is 1. The Morgan fingerprint density at radius 3 is 2.94 bits per heavy atom. The third-order valence-electron chi connectivity index (χ3n) is 3.17. The molecule has 3 nitrogen and oxygen atoms in total. The van der Waals surface area contributed by atoms with E-state index in [2.05, 4.69) is 10.3 Å². The second-order valence-electron chi connectivity index (χ2n) is 5.13. The van der Waals surface area contributed by atoms with E-state index in [9.17, 15) is 4.39 Å². The van der Waals surface area contributed by atoms with E-state index in [1.807, 2.05) is 13.8 Å². The first-order valence-electron chi connectivity index (χ1n) is 6.63. The van der Waals surface area contributed by atoms with E-state index in [1.54, 1.807) is 18.5 Å². The van der Waals surface area contributed by atoms with Gasteiger partial charge in [-0.05, 0) is 39.3 Å². The average Bonchev–Trinajstić information content (AvgIpc) is 2.38. The summed E-state index contributed by atoms with van der Waals surface area (Å²) in [5.74, 6) is 0.698. The minimum Gasteiger partial charge on any atom is -0.489 e. The van der Waals surface area contributed by atoms with Gasteiger partial charge in [0.2, 0.25) is 0 Å². The van der Waals surface area contributed by atoms with Gasteiger partial charge in [-0.3, -0.25) is 4.98 Å². The Labute approximate surface area is 108 Å². The number of aromatic nitrogens is 1. The molecule has 1 aromatic rings. The maximum atomic E-state index is 14.4. The molecule has 2 rings (SSSR count). The van der Waals surface area contributed by atoms with Crippen molar-refractivity contribution in [1.82, 2.24) is 10.3 Å². The van der Waals surface area contributed by atoms with Gasteiger partial charge in [0, 0.05) is 24.2 Å². The van der Waals surface area contributed by atoms with Crippen LogP contribution < -0.4 is 10.1 Å². The Balaban J connectivity index is 2.06. The molecule has 18 heavy (non-hydrogen) atoms.